The van der Waals surface area contributed by atoms with Crippen molar-refractivity contribution in [2.24, 2.45) is 17.1 Å². The fourth-order valence-corrected chi connectivity index (χ4v) is 2.56. The van der Waals surface area contributed by atoms with Gasteiger partial charge in [-0.15, -0.1) is 0 Å². The highest BCUT2D eigenvalue weighted by molar-refractivity contribution is 5.99. The standard InChI is InChI=1S/C20H33N3O2/c1-14(2)20(6,12-21)22-17(24)15-9-8-10-16(11-15)18(25)23(7)13-19(3,4)5/h8-11,14H,12-13,21H2,1-7H3,(H,22,24). The normalized spacial score (nSPS) is 14.1. The number of amides is 2. The molecule has 0 aliphatic rings. The van der Waals surface area contributed by atoms with E-state index in [4.69, 9.17) is 5.73 Å². The van der Waals surface area contributed by atoms with Crippen LogP contribution < -0.4 is 11.1 Å². The third kappa shape index (κ3) is 5.85. The molecule has 25 heavy (non-hydrogen) atoms. The largest absolute Gasteiger partial charge is 0.345 e. The zero-order valence-electron chi connectivity index (χ0n) is 16.6. The van der Waals surface area contributed by atoms with Gasteiger partial charge in [0.1, 0.15) is 0 Å². The lowest BCUT2D eigenvalue weighted by molar-refractivity contribution is 0.0745. The Balaban J connectivity index is 2.97. The van der Waals surface area contributed by atoms with Crippen LogP contribution in [0.3, 0.4) is 0 Å². The van der Waals surface area contributed by atoms with Crippen molar-refractivity contribution in [3.63, 3.8) is 0 Å². The molecule has 0 fully saturated rings. The molecule has 1 atom stereocenters. The number of hydrogen-bond donors (Lipinski definition) is 2. The van der Waals surface area contributed by atoms with Crippen LogP contribution in [-0.2, 0) is 0 Å². The molecule has 0 aliphatic carbocycles. The summed E-state index contributed by atoms with van der Waals surface area (Å²) >= 11 is 0. The Bertz CT molecular complexity index is 620. The van der Waals surface area contributed by atoms with Gasteiger partial charge in [0, 0.05) is 31.3 Å². The van der Waals surface area contributed by atoms with Crippen LogP contribution in [-0.4, -0.2) is 42.4 Å². The average Bonchev–Trinajstić information content (AvgIpc) is 2.52. The Hall–Kier alpha value is -1.88. The van der Waals surface area contributed by atoms with Crippen LogP contribution in [0.1, 0.15) is 62.3 Å². The maximum absolute atomic E-state index is 12.6. The van der Waals surface area contributed by atoms with E-state index in [-0.39, 0.29) is 23.1 Å². The highest BCUT2D eigenvalue weighted by atomic mass is 16.2. The summed E-state index contributed by atoms with van der Waals surface area (Å²) in [6, 6.07) is 6.84. The number of carbonyl (C=O) groups excluding carboxylic acids is 2. The minimum absolute atomic E-state index is 0.0135. The summed E-state index contributed by atoms with van der Waals surface area (Å²) in [4.78, 5) is 26.9. The SMILES string of the molecule is CC(C)C(C)(CN)NC(=O)c1cccc(C(=O)N(C)CC(C)(C)C)c1. The zero-order valence-corrected chi connectivity index (χ0v) is 16.6. The van der Waals surface area contributed by atoms with E-state index in [0.29, 0.717) is 24.2 Å². The molecular weight excluding hydrogens is 314 g/mol. The van der Waals surface area contributed by atoms with Crippen LogP contribution in [0, 0.1) is 11.3 Å². The van der Waals surface area contributed by atoms with Gasteiger partial charge in [-0.05, 0) is 36.5 Å². The molecule has 2 amide bonds. The molecule has 0 heterocycles. The molecule has 1 aromatic carbocycles. The number of benzene rings is 1. The molecule has 1 rings (SSSR count). The van der Waals surface area contributed by atoms with Crippen LogP contribution in [0.4, 0.5) is 0 Å². The number of hydrogen-bond acceptors (Lipinski definition) is 3. The van der Waals surface area contributed by atoms with E-state index in [1.807, 2.05) is 20.8 Å². The molecule has 0 aliphatic heterocycles. The van der Waals surface area contributed by atoms with Crippen LogP contribution in [0.2, 0.25) is 0 Å². The van der Waals surface area contributed by atoms with Crippen molar-refractivity contribution >= 4 is 11.8 Å². The molecule has 3 N–H and O–H groups in total. The lowest BCUT2D eigenvalue weighted by Gasteiger charge is -2.33. The fraction of sp³-hybridized carbons (Fsp3) is 0.600. The van der Waals surface area contributed by atoms with Crippen LogP contribution in [0.5, 0.6) is 0 Å². The average molecular weight is 348 g/mol. The summed E-state index contributed by atoms with van der Waals surface area (Å²) in [6.07, 6.45) is 0. The van der Waals surface area contributed by atoms with Gasteiger partial charge in [0.15, 0.2) is 0 Å². The van der Waals surface area contributed by atoms with E-state index in [1.165, 1.54) is 0 Å². The number of nitrogens with one attached hydrogen (secondary N) is 1. The van der Waals surface area contributed by atoms with Crippen LogP contribution in [0.25, 0.3) is 0 Å². The van der Waals surface area contributed by atoms with Gasteiger partial charge in [-0.1, -0.05) is 40.7 Å². The summed E-state index contributed by atoms with van der Waals surface area (Å²) in [5, 5.41) is 3.00. The second-order valence-electron chi connectivity index (χ2n) is 8.53. The summed E-state index contributed by atoms with van der Waals surface area (Å²) in [6.45, 7) is 13.2. The lowest BCUT2D eigenvalue weighted by atomic mass is 9.88. The Morgan fingerprint density at radius 3 is 2.20 bits per heavy atom. The number of nitrogens with two attached hydrogens (primary N) is 1. The molecule has 1 aromatic rings. The fourth-order valence-electron chi connectivity index (χ4n) is 2.56. The number of rotatable bonds is 6. The number of carbonyl (C=O) groups is 2. The molecule has 0 saturated carbocycles. The van der Waals surface area contributed by atoms with Gasteiger partial charge in [-0.2, -0.15) is 0 Å². The molecule has 0 spiro atoms. The van der Waals surface area contributed by atoms with E-state index in [2.05, 4.69) is 26.1 Å². The lowest BCUT2D eigenvalue weighted by Crippen LogP contribution is -2.55. The van der Waals surface area contributed by atoms with Crippen LogP contribution in [0.15, 0.2) is 24.3 Å². The smallest absolute Gasteiger partial charge is 0.253 e. The molecule has 140 valence electrons. The molecule has 0 bridgehead atoms. The predicted octanol–water partition coefficient (Wildman–Crippen LogP) is 2.91. The first kappa shape index (κ1) is 21.2. The molecule has 5 nitrogen and oxygen atoms in total. The maximum Gasteiger partial charge on any atom is 0.253 e. The third-order valence-corrected chi connectivity index (χ3v) is 4.53. The Labute approximate surface area is 152 Å². The summed E-state index contributed by atoms with van der Waals surface area (Å²) in [5.74, 6) is -0.103. The van der Waals surface area contributed by atoms with Gasteiger partial charge in [-0.25, -0.2) is 0 Å². The van der Waals surface area contributed by atoms with E-state index in [9.17, 15) is 9.59 Å². The molecule has 5 heteroatoms. The van der Waals surface area contributed by atoms with Crippen molar-refractivity contribution < 1.29 is 9.59 Å². The second kappa shape index (κ2) is 8.00. The quantitative estimate of drug-likeness (QED) is 0.831. The highest BCUT2D eigenvalue weighted by Gasteiger charge is 2.29. The minimum atomic E-state index is -0.486. The zero-order chi connectivity index (χ0) is 19.4. The molecule has 0 aromatic heterocycles. The first-order chi connectivity index (χ1) is 11.4. The van der Waals surface area contributed by atoms with Crippen molar-refractivity contribution in [2.75, 3.05) is 20.1 Å². The molecule has 0 saturated heterocycles. The van der Waals surface area contributed by atoms with Crippen LogP contribution >= 0.6 is 0 Å². The Kier molecular flexibility index (Phi) is 6.77. The van der Waals surface area contributed by atoms with Gasteiger partial charge in [0.25, 0.3) is 11.8 Å². The second-order valence-corrected chi connectivity index (χ2v) is 8.53. The van der Waals surface area contributed by atoms with Gasteiger partial charge in [0.2, 0.25) is 0 Å². The summed E-state index contributed by atoms with van der Waals surface area (Å²) in [7, 11) is 1.78. The maximum atomic E-state index is 12.6. The number of nitrogens with zero attached hydrogens (tertiary/aromatic N) is 1. The Morgan fingerprint density at radius 2 is 1.72 bits per heavy atom. The third-order valence-electron chi connectivity index (χ3n) is 4.53. The first-order valence-corrected chi connectivity index (χ1v) is 8.78. The van der Waals surface area contributed by atoms with Crippen molar-refractivity contribution in [2.45, 2.75) is 47.1 Å². The van der Waals surface area contributed by atoms with E-state index >= 15 is 0 Å². The summed E-state index contributed by atoms with van der Waals surface area (Å²) < 4.78 is 0. The van der Waals surface area contributed by atoms with Crippen molar-refractivity contribution in [1.29, 1.82) is 0 Å². The van der Waals surface area contributed by atoms with Gasteiger partial charge >= 0.3 is 0 Å². The highest BCUT2D eigenvalue weighted by Crippen LogP contribution is 2.18. The van der Waals surface area contributed by atoms with E-state index in [1.54, 1.807) is 36.2 Å². The van der Waals surface area contributed by atoms with Gasteiger partial charge < -0.3 is 16.0 Å². The predicted molar refractivity (Wildman–Crippen MR) is 103 cm³/mol. The first-order valence-electron chi connectivity index (χ1n) is 8.78. The Morgan fingerprint density at radius 1 is 1.16 bits per heavy atom. The van der Waals surface area contributed by atoms with Crippen molar-refractivity contribution in [3.8, 4) is 0 Å². The van der Waals surface area contributed by atoms with Crippen molar-refractivity contribution in [3.05, 3.63) is 35.4 Å². The molecule has 0 radical (unpaired) electrons. The molecule has 1 unspecified atom stereocenters. The monoisotopic (exact) mass is 347 g/mol. The van der Waals surface area contributed by atoms with E-state index < -0.39 is 5.54 Å². The van der Waals surface area contributed by atoms with E-state index in [0.717, 1.165) is 0 Å². The topological polar surface area (TPSA) is 75.4 Å². The van der Waals surface area contributed by atoms with Crippen molar-refractivity contribution in [1.82, 2.24) is 10.2 Å². The van der Waals surface area contributed by atoms with Gasteiger partial charge in [-0.3, -0.25) is 9.59 Å². The summed E-state index contributed by atoms with van der Waals surface area (Å²) in [5.41, 5.74) is 6.34. The van der Waals surface area contributed by atoms with Gasteiger partial charge in [0.05, 0.1) is 5.54 Å². The minimum Gasteiger partial charge on any atom is -0.345 e. The molecular formula is C20H33N3O2.